The number of amides is 2. The molecule has 1 N–H and O–H groups in total. The van der Waals surface area contributed by atoms with E-state index in [1.54, 1.807) is 43.2 Å². The maximum atomic E-state index is 12.9. The molecule has 1 unspecified atom stereocenters. The number of hydrogen-bond donors (Lipinski definition) is 1. The van der Waals surface area contributed by atoms with Crippen LogP contribution >= 0.6 is 0 Å². The lowest BCUT2D eigenvalue weighted by Crippen LogP contribution is -2.42. The van der Waals surface area contributed by atoms with Crippen molar-refractivity contribution in [2.75, 3.05) is 25.6 Å². The van der Waals surface area contributed by atoms with E-state index in [-0.39, 0.29) is 18.7 Å². The second kappa shape index (κ2) is 10.3. The molecule has 1 atom stereocenters. The molecule has 2 rings (SSSR count). The number of hydrogen-bond acceptors (Lipinski definition) is 4. The maximum absolute atomic E-state index is 12.9. The molecule has 0 spiro atoms. The lowest BCUT2D eigenvalue weighted by Gasteiger charge is -2.28. The topological polar surface area (TPSA) is 67.9 Å². The highest BCUT2D eigenvalue weighted by atomic mass is 16.5. The van der Waals surface area contributed by atoms with Crippen LogP contribution in [-0.2, 0) is 11.2 Å². The van der Waals surface area contributed by atoms with E-state index < -0.39 is 5.97 Å². The van der Waals surface area contributed by atoms with E-state index in [1.807, 2.05) is 38.1 Å². The van der Waals surface area contributed by atoms with E-state index >= 15 is 0 Å². The number of para-hydroxylation sites is 1. The van der Waals surface area contributed by atoms with Gasteiger partial charge in [0.25, 0.3) is 0 Å². The van der Waals surface area contributed by atoms with Crippen molar-refractivity contribution in [3.63, 3.8) is 0 Å². The summed E-state index contributed by atoms with van der Waals surface area (Å²) >= 11 is 0. The van der Waals surface area contributed by atoms with Crippen LogP contribution in [0.15, 0.2) is 48.5 Å². The first-order chi connectivity index (χ1) is 13.5. The third-order valence-corrected chi connectivity index (χ3v) is 4.49. The van der Waals surface area contributed by atoms with Gasteiger partial charge >= 0.3 is 12.0 Å². The summed E-state index contributed by atoms with van der Waals surface area (Å²) in [5.74, 6) is 0.352. The van der Waals surface area contributed by atoms with Gasteiger partial charge in [-0.2, -0.15) is 0 Å². The number of urea groups is 1. The van der Waals surface area contributed by atoms with E-state index in [0.29, 0.717) is 24.2 Å². The summed E-state index contributed by atoms with van der Waals surface area (Å²) in [5.41, 5.74) is 1.91. The molecule has 0 bridgehead atoms. The van der Waals surface area contributed by atoms with Gasteiger partial charge in [0.15, 0.2) is 0 Å². The Kier molecular flexibility index (Phi) is 7.87. The fourth-order valence-corrected chi connectivity index (χ4v) is 3.03. The number of benzene rings is 2. The lowest BCUT2D eigenvalue weighted by atomic mass is 10.1. The van der Waals surface area contributed by atoms with Gasteiger partial charge in [-0.3, -0.25) is 0 Å². The van der Waals surface area contributed by atoms with Gasteiger partial charge in [-0.05, 0) is 57.0 Å². The summed E-state index contributed by atoms with van der Waals surface area (Å²) in [4.78, 5) is 26.7. The molecule has 0 saturated carbocycles. The van der Waals surface area contributed by atoms with Crippen molar-refractivity contribution in [3.05, 3.63) is 59.7 Å². The number of ether oxygens (including phenoxy) is 2. The lowest BCUT2D eigenvalue weighted by molar-refractivity contribution is 0.0527. The molecule has 0 saturated heterocycles. The average molecular weight is 384 g/mol. The highest BCUT2D eigenvalue weighted by molar-refractivity contribution is 6.00. The number of methoxy groups -OCH3 is 1. The molecule has 28 heavy (non-hydrogen) atoms. The second-order valence-electron chi connectivity index (χ2n) is 6.38. The van der Waals surface area contributed by atoms with Gasteiger partial charge in [0.1, 0.15) is 5.75 Å². The number of nitrogens with zero attached hydrogens (tertiary/aromatic N) is 1. The van der Waals surface area contributed by atoms with Crippen molar-refractivity contribution in [1.82, 2.24) is 4.90 Å². The van der Waals surface area contributed by atoms with Crippen molar-refractivity contribution in [3.8, 4) is 5.75 Å². The van der Waals surface area contributed by atoms with Gasteiger partial charge in [-0.1, -0.05) is 24.3 Å². The summed E-state index contributed by atoms with van der Waals surface area (Å²) in [7, 11) is 1.63. The first-order valence-electron chi connectivity index (χ1n) is 9.46. The molecule has 0 aromatic heterocycles. The Balaban J connectivity index is 2.09. The molecule has 6 heteroatoms. The summed E-state index contributed by atoms with van der Waals surface area (Å²) < 4.78 is 10.3. The number of esters is 1. The molecule has 2 amide bonds. The highest BCUT2D eigenvalue weighted by Crippen LogP contribution is 2.19. The average Bonchev–Trinajstić information content (AvgIpc) is 2.69. The number of anilines is 1. The van der Waals surface area contributed by atoms with E-state index in [1.165, 1.54) is 0 Å². The minimum Gasteiger partial charge on any atom is -0.497 e. The molecular weight excluding hydrogens is 356 g/mol. The molecule has 0 aliphatic heterocycles. The van der Waals surface area contributed by atoms with E-state index in [2.05, 4.69) is 5.32 Å². The molecule has 0 fully saturated rings. The zero-order valence-electron chi connectivity index (χ0n) is 16.9. The Labute approximate surface area is 166 Å². The van der Waals surface area contributed by atoms with Crippen LogP contribution in [-0.4, -0.2) is 43.2 Å². The third-order valence-electron chi connectivity index (χ3n) is 4.49. The molecular formula is C22H28N2O4. The Hall–Kier alpha value is -3.02. The number of likely N-dealkylation sites (N-methyl/N-ethyl adjacent to an activating group) is 1. The van der Waals surface area contributed by atoms with Crippen LogP contribution in [0.4, 0.5) is 10.5 Å². The van der Waals surface area contributed by atoms with Crippen molar-refractivity contribution < 1.29 is 19.1 Å². The summed E-state index contributed by atoms with van der Waals surface area (Å²) in [6.07, 6.45) is 0.713. The van der Waals surface area contributed by atoms with Gasteiger partial charge < -0.3 is 19.7 Å². The highest BCUT2D eigenvalue weighted by Gasteiger charge is 2.21. The largest absolute Gasteiger partial charge is 0.497 e. The molecule has 0 heterocycles. The minimum absolute atomic E-state index is 0.0202. The van der Waals surface area contributed by atoms with E-state index in [0.717, 1.165) is 11.3 Å². The zero-order valence-corrected chi connectivity index (χ0v) is 16.9. The van der Waals surface area contributed by atoms with Crippen LogP contribution in [0.5, 0.6) is 5.75 Å². The second-order valence-corrected chi connectivity index (χ2v) is 6.38. The van der Waals surface area contributed by atoms with Crippen molar-refractivity contribution in [2.24, 2.45) is 0 Å². The van der Waals surface area contributed by atoms with Crippen LogP contribution in [0, 0.1) is 0 Å². The Morgan fingerprint density at radius 1 is 1.07 bits per heavy atom. The first-order valence-corrected chi connectivity index (χ1v) is 9.46. The Morgan fingerprint density at radius 2 is 1.75 bits per heavy atom. The van der Waals surface area contributed by atoms with Crippen LogP contribution in [0.1, 0.15) is 36.7 Å². The quantitative estimate of drug-likeness (QED) is 0.687. The van der Waals surface area contributed by atoms with Gasteiger partial charge in [0.05, 0.1) is 25.0 Å². The van der Waals surface area contributed by atoms with E-state index in [4.69, 9.17) is 9.47 Å². The van der Waals surface area contributed by atoms with Gasteiger partial charge in [-0.15, -0.1) is 0 Å². The summed E-state index contributed by atoms with van der Waals surface area (Å²) in [6, 6.07) is 14.4. The molecule has 2 aromatic rings. The van der Waals surface area contributed by atoms with Gasteiger partial charge in [0, 0.05) is 12.6 Å². The molecule has 150 valence electrons. The first kappa shape index (κ1) is 21.3. The Morgan fingerprint density at radius 3 is 2.36 bits per heavy atom. The van der Waals surface area contributed by atoms with Crippen LogP contribution in [0.25, 0.3) is 0 Å². The predicted molar refractivity (Wildman–Crippen MR) is 110 cm³/mol. The number of carbonyl (C=O) groups excluding carboxylic acids is 2. The van der Waals surface area contributed by atoms with Crippen LogP contribution in [0.3, 0.4) is 0 Å². The predicted octanol–water partition coefficient (Wildman–Crippen LogP) is 4.36. The van der Waals surface area contributed by atoms with Crippen LogP contribution < -0.4 is 10.1 Å². The van der Waals surface area contributed by atoms with Gasteiger partial charge in [-0.25, -0.2) is 9.59 Å². The number of nitrogens with one attached hydrogen (secondary N) is 1. The van der Waals surface area contributed by atoms with Crippen molar-refractivity contribution in [1.29, 1.82) is 0 Å². The molecule has 6 nitrogen and oxygen atoms in total. The fraction of sp³-hybridized carbons (Fsp3) is 0.364. The number of rotatable bonds is 8. The third kappa shape index (κ3) is 5.49. The molecule has 0 radical (unpaired) electrons. The standard InChI is InChI=1S/C22H28N2O4/c1-5-24(16(3)15-17-11-13-18(27-4)14-12-17)22(26)23-20-10-8-7-9-19(20)21(25)28-6-2/h7-14,16H,5-6,15H2,1-4H3,(H,23,26). The fourth-order valence-electron chi connectivity index (χ4n) is 3.03. The molecule has 0 aliphatic carbocycles. The summed E-state index contributed by atoms with van der Waals surface area (Å²) in [6.45, 7) is 6.51. The number of carbonyl (C=O) groups is 2. The normalized spacial score (nSPS) is 11.4. The maximum Gasteiger partial charge on any atom is 0.340 e. The molecule has 2 aromatic carbocycles. The molecule has 0 aliphatic rings. The SMILES string of the molecule is CCOC(=O)c1ccccc1NC(=O)N(CC)C(C)Cc1ccc(OC)cc1. The smallest absolute Gasteiger partial charge is 0.340 e. The zero-order chi connectivity index (χ0) is 20.5. The van der Waals surface area contributed by atoms with Gasteiger partial charge in [0.2, 0.25) is 0 Å². The minimum atomic E-state index is -0.451. The van der Waals surface area contributed by atoms with Crippen molar-refractivity contribution in [2.45, 2.75) is 33.2 Å². The van der Waals surface area contributed by atoms with Crippen molar-refractivity contribution >= 4 is 17.7 Å². The summed E-state index contributed by atoms with van der Waals surface area (Å²) in [5, 5.41) is 2.85. The van der Waals surface area contributed by atoms with Crippen LogP contribution in [0.2, 0.25) is 0 Å². The monoisotopic (exact) mass is 384 g/mol. The Bertz CT molecular complexity index is 789. The van der Waals surface area contributed by atoms with E-state index in [9.17, 15) is 9.59 Å².